The van der Waals surface area contributed by atoms with Crippen LogP contribution in [0.15, 0.2) is 48.5 Å². The van der Waals surface area contributed by atoms with Crippen molar-refractivity contribution in [2.24, 2.45) is 5.73 Å². The summed E-state index contributed by atoms with van der Waals surface area (Å²) in [5, 5.41) is 0. The van der Waals surface area contributed by atoms with Crippen molar-refractivity contribution in [1.82, 2.24) is 0 Å². The smallest absolute Gasteiger partial charge is 0.251 e. The van der Waals surface area contributed by atoms with E-state index in [1.807, 2.05) is 30.3 Å². The maximum Gasteiger partial charge on any atom is 0.251 e. The zero-order valence-corrected chi connectivity index (χ0v) is 11.7. The highest BCUT2D eigenvalue weighted by molar-refractivity contribution is 5.93. The van der Waals surface area contributed by atoms with Gasteiger partial charge in [-0.15, -0.1) is 0 Å². The fourth-order valence-corrected chi connectivity index (χ4v) is 2.06. The number of benzene rings is 2. The standard InChI is InChI=1S/C17H18FNO2/c18-16-9-8-13(11-15(16)17(19)20)7-4-10-21-12-14-5-2-1-3-6-14/h1-3,5-6,8-9,11H,4,7,10,12H2,(H2,19,20). The van der Waals surface area contributed by atoms with Crippen molar-refractivity contribution >= 4 is 5.91 Å². The van der Waals surface area contributed by atoms with Crippen LogP contribution in [0.2, 0.25) is 0 Å². The van der Waals surface area contributed by atoms with E-state index < -0.39 is 11.7 Å². The number of carbonyl (C=O) groups is 1. The van der Waals surface area contributed by atoms with Crippen molar-refractivity contribution in [3.8, 4) is 0 Å². The predicted molar refractivity (Wildman–Crippen MR) is 79.3 cm³/mol. The second kappa shape index (κ2) is 7.55. The highest BCUT2D eigenvalue weighted by atomic mass is 19.1. The third-order valence-electron chi connectivity index (χ3n) is 3.16. The van der Waals surface area contributed by atoms with Gasteiger partial charge in [0.2, 0.25) is 0 Å². The number of primary amides is 1. The molecule has 4 heteroatoms. The van der Waals surface area contributed by atoms with Gasteiger partial charge in [0, 0.05) is 6.61 Å². The van der Waals surface area contributed by atoms with E-state index in [9.17, 15) is 9.18 Å². The highest BCUT2D eigenvalue weighted by Gasteiger charge is 2.08. The molecule has 0 bridgehead atoms. The van der Waals surface area contributed by atoms with Crippen molar-refractivity contribution in [3.63, 3.8) is 0 Å². The fraction of sp³-hybridized carbons (Fsp3) is 0.235. The number of ether oxygens (including phenoxy) is 1. The van der Waals surface area contributed by atoms with E-state index in [4.69, 9.17) is 10.5 Å². The first kappa shape index (κ1) is 15.2. The number of nitrogens with two attached hydrogens (primary N) is 1. The molecule has 0 fully saturated rings. The summed E-state index contributed by atoms with van der Waals surface area (Å²) in [5.74, 6) is -1.32. The van der Waals surface area contributed by atoms with Gasteiger partial charge in [0.05, 0.1) is 12.2 Å². The molecule has 3 nitrogen and oxygen atoms in total. The lowest BCUT2D eigenvalue weighted by atomic mass is 10.1. The van der Waals surface area contributed by atoms with E-state index >= 15 is 0 Å². The van der Waals surface area contributed by atoms with Gasteiger partial charge in [0.1, 0.15) is 5.82 Å². The molecular weight excluding hydrogens is 269 g/mol. The Morgan fingerprint density at radius 2 is 1.86 bits per heavy atom. The van der Waals surface area contributed by atoms with Gasteiger partial charge in [-0.25, -0.2) is 4.39 Å². The molecule has 0 saturated heterocycles. The van der Waals surface area contributed by atoms with Crippen LogP contribution in [0, 0.1) is 5.82 Å². The van der Waals surface area contributed by atoms with Crippen molar-refractivity contribution in [1.29, 1.82) is 0 Å². The summed E-state index contributed by atoms with van der Waals surface area (Å²) in [5.41, 5.74) is 7.08. The van der Waals surface area contributed by atoms with Gasteiger partial charge in [-0.05, 0) is 36.1 Å². The topological polar surface area (TPSA) is 52.3 Å². The summed E-state index contributed by atoms with van der Waals surface area (Å²) in [6.45, 7) is 1.19. The van der Waals surface area contributed by atoms with Crippen LogP contribution in [-0.4, -0.2) is 12.5 Å². The van der Waals surface area contributed by atoms with Crippen LogP contribution < -0.4 is 5.73 Å². The minimum atomic E-state index is -0.741. The van der Waals surface area contributed by atoms with Crippen LogP contribution >= 0.6 is 0 Å². The lowest BCUT2D eigenvalue weighted by Crippen LogP contribution is -2.13. The maximum absolute atomic E-state index is 13.3. The van der Waals surface area contributed by atoms with E-state index in [0.29, 0.717) is 13.2 Å². The molecule has 0 spiro atoms. The largest absolute Gasteiger partial charge is 0.377 e. The Balaban J connectivity index is 1.76. The molecule has 0 saturated carbocycles. The Kier molecular flexibility index (Phi) is 5.46. The van der Waals surface area contributed by atoms with Crippen molar-refractivity contribution in [2.75, 3.05) is 6.61 Å². The Morgan fingerprint density at radius 3 is 2.57 bits per heavy atom. The number of carbonyl (C=O) groups excluding carboxylic acids is 1. The summed E-state index contributed by atoms with van der Waals surface area (Å²) >= 11 is 0. The zero-order chi connectivity index (χ0) is 15.1. The van der Waals surface area contributed by atoms with Crippen molar-refractivity contribution in [2.45, 2.75) is 19.4 Å². The zero-order valence-electron chi connectivity index (χ0n) is 11.7. The van der Waals surface area contributed by atoms with Gasteiger partial charge in [0.25, 0.3) is 5.91 Å². The van der Waals surface area contributed by atoms with Gasteiger partial charge in [0.15, 0.2) is 0 Å². The number of halogens is 1. The van der Waals surface area contributed by atoms with Gasteiger partial charge in [-0.2, -0.15) is 0 Å². The first-order chi connectivity index (χ1) is 10.2. The lowest BCUT2D eigenvalue weighted by molar-refractivity contribution is 0.0996. The SMILES string of the molecule is NC(=O)c1cc(CCCOCc2ccccc2)ccc1F. The molecule has 1 amide bonds. The highest BCUT2D eigenvalue weighted by Crippen LogP contribution is 2.12. The quantitative estimate of drug-likeness (QED) is 0.796. The summed E-state index contributed by atoms with van der Waals surface area (Å²) in [7, 11) is 0. The Labute approximate surface area is 123 Å². The predicted octanol–water partition coefficient (Wildman–Crippen LogP) is 3.07. The molecule has 0 atom stereocenters. The maximum atomic E-state index is 13.3. The number of hydrogen-bond donors (Lipinski definition) is 1. The molecule has 2 rings (SSSR count). The minimum absolute atomic E-state index is 0.0577. The van der Waals surface area contributed by atoms with Crippen LogP contribution in [0.25, 0.3) is 0 Å². The molecule has 0 aliphatic heterocycles. The van der Waals surface area contributed by atoms with E-state index in [1.54, 1.807) is 6.07 Å². The van der Waals surface area contributed by atoms with Gasteiger partial charge >= 0.3 is 0 Å². The Hall–Kier alpha value is -2.20. The summed E-state index contributed by atoms with van der Waals surface area (Å²) in [4.78, 5) is 11.1. The molecule has 0 heterocycles. The second-order valence-corrected chi connectivity index (χ2v) is 4.82. The van der Waals surface area contributed by atoms with E-state index in [-0.39, 0.29) is 5.56 Å². The Morgan fingerprint density at radius 1 is 1.10 bits per heavy atom. The van der Waals surface area contributed by atoms with Crippen LogP contribution in [0.1, 0.15) is 27.9 Å². The molecule has 2 N–H and O–H groups in total. The average molecular weight is 287 g/mol. The molecule has 0 unspecified atom stereocenters. The van der Waals surface area contributed by atoms with Gasteiger partial charge in [-0.3, -0.25) is 4.79 Å². The third kappa shape index (κ3) is 4.68. The van der Waals surface area contributed by atoms with E-state index in [2.05, 4.69) is 0 Å². The molecule has 0 radical (unpaired) electrons. The fourth-order valence-electron chi connectivity index (χ4n) is 2.06. The van der Waals surface area contributed by atoms with Crippen molar-refractivity contribution in [3.05, 3.63) is 71.0 Å². The lowest BCUT2D eigenvalue weighted by Gasteiger charge is -2.06. The molecule has 0 aliphatic rings. The first-order valence-corrected chi connectivity index (χ1v) is 6.86. The molecule has 0 aromatic heterocycles. The Bertz CT molecular complexity index is 599. The third-order valence-corrected chi connectivity index (χ3v) is 3.16. The molecular formula is C17H18FNO2. The van der Waals surface area contributed by atoms with Crippen LogP contribution in [0.4, 0.5) is 4.39 Å². The summed E-state index contributed by atoms with van der Waals surface area (Å²) < 4.78 is 18.9. The van der Waals surface area contributed by atoms with Crippen LogP contribution in [-0.2, 0) is 17.8 Å². The molecule has 2 aromatic carbocycles. The molecule has 21 heavy (non-hydrogen) atoms. The first-order valence-electron chi connectivity index (χ1n) is 6.86. The van der Waals surface area contributed by atoms with E-state index in [1.165, 1.54) is 12.1 Å². The summed E-state index contributed by atoms with van der Waals surface area (Å²) in [6, 6.07) is 14.4. The van der Waals surface area contributed by atoms with Gasteiger partial charge in [-0.1, -0.05) is 36.4 Å². The van der Waals surface area contributed by atoms with Crippen LogP contribution in [0.3, 0.4) is 0 Å². The normalized spacial score (nSPS) is 10.5. The number of aryl methyl sites for hydroxylation is 1. The minimum Gasteiger partial charge on any atom is -0.377 e. The summed E-state index contributed by atoms with van der Waals surface area (Å²) in [6.07, 6.45) is 1.52. The average Bonchev–Trinajstić information content (AvgIpc) is 2.49. The molecule has 0 aliphatic carbocycles. The number of hydrogen-bond acceptors (Lipinski definition) is 2. The van der Waals surface area contributed by atoms with Gasteiger partial charge < -0.3 is 10.5 Å². The van der Waals surface area contributed by atoms with E-state index in [0.717, 1.165) is 24.0 Å². The molecule has 2 aromatic rings. The number of rotatable bonds is 7. The van der Waals surface area contributed by atoms with Crippen LogP contribution in [0.5, 0.6) is 0 Å². The monoisotopic (exact) mass is 287 g/mol. The second-order valence-electron chi connectivity index (χ2n) is 4.82. The number of amides is 1. The van der Waals surface area contributed by atoms with Crippen molar-refractivity contribution < 1.29 is 13.9 Å². The molecule has 110 valence electrons.